The van der Waals surface area contributed by atoms with E-state index in [-0.39, 0.29) is 28.6 Å². The fourth-order valence-corrected chi connectivity index (χ4v) is 2.44. The Kier molecular flexibility index (Phi) is 12.4. The monoisotopic (exact) mass is 518 g/mol. The first-order valence-electron chi connectivity index (χ1n) is 6.96. The summed E-state index contributed by atoms with van der Waals surface area (Å²) in [5.41, 5.74) is 6.58. The summed E-state index contributed by atoms with van der Waals surface area (Å²) in [4.78, 5) is 8.34. The first kappa shape index (κ1) is 24.1. The van der Waals surface area contributed by atoms with Gasteiger partial charge in [0.2, 0.25) is 0 Å². The summed E-state index contributed by atoms with van der Waals surface area (Å²) < 4.78 is 1.67. The predicted octanol–water partition coefficient (Wildman–Crippen LogP) is 3.41. The molecule has 0 heterocycles. The van der Waals surface area contributed by atoms with Crippen molar-refractivity contribution in [3.63, 3.8) is 0 Å². The van der Waals surface area contributed by atoms with E-state index in [0.717, 1.165) is 15.1 Å². The van der Waals surface area contributed by atoms with Crippen LogP contribution in [0.25, 0.3) is 5.73 Å². The second kappa shape index (κ2) is 13.4. The van der Waals surface area contributed by atoms with Gasteiger partial charge in [0.1, 0.15) is 0 Å². The van der Waals surface area contributed by atoms with Crippen LogP contribution in [0.4, 0.5) is 0 Å². The Labute approximate surface area is 179 Å². The van der Waals surface area contributed by atoms with Crippen LogP contribution in [0.1, 0.15) is 11.1 Å². The molecule has 9 heteroatoms. The van der Waals surface area contributed by atoms with Crippen LogP contribution in [-0.4, -0.2) is 25.5 Å². The van der Waals surface area contributed by atoms with Gasteiger partial charge in [-0.2, -0.15) is 0 Å². The third-order valence-electron chi connectivity index (χ3n) is 2.76. The van der Waals surface area contributed by atoms with Gasteiger partial charge in [-0.3, -0.25) is 9.98 Å². The second-order valence-corrected chi connectivity index (χ2v) is 6.38. The van der Waals surface area contributed by atoms with Crippen LogP contribution >= 0.6 is 31.9 Å². The van der Waals surface area contributed by atoms with Gasteiger partial charge in [-0.1, -0.05) is 61.7 Å². The molecule has 0 aliphatic rings. The van der Waals surface area contributed by atoms with E-state index in [1.54, 1.807) is 36.7 Å². The maximum Gasteiger partial charge on any atom is 3.00 e. The molecule has 0 unspecified atom stereocenters. The van der Waals surface area contributed by atoms with Crippen molar-refractivity contribution in [3.05, 3.63) is 62.2 Å². The molecule has 0 fully saturated rings. The molecular formula is C17H13Br2MnN4O2. The van der Waals surface area contributed by atoms with Crippen LogP contribution in [0, 0.1) is 11.5 Å². The normalized spacial score (nSPS) is 10.0. The van der Waals surface area contributed by atoms with Gasteiger partial charge in [-0.25, -0.2) is 0 Å². The Bertz CT molecular complexity index is 746. The standard InChI is InChI=1S/C16H14Br2N2O2.CHN2.Mn/c17-13-1-3-15(21)11(7-13)9-19-5-6-20-10-12-8-14(18)2-4-16(12)22;2-1-3;/h1-4,7-10,21-22H,5-6H2;2H;/q;-1;+3/p-2. The topological polar surface area (TPSA) is 118 Å². The summed E-state index contributed by atoms with van der Waals surface area (Å²) >= 11 is 6.62. The van der Waals surface area contributed by atoms with Crippen molar-refractivity contribution in [2.75, 3.05) is 13.1 Å². The zero-order chi connectivity index (χ0) is 18.7. The number of halogens is 2. The average molecular weight is 520 g/mol. The smallest absolute Gasteiger partial charge is 0.872 e. The van der Waals surface area contributed by atoms with E-state index in [0.29, 0.717) is 24.2 Å². The van der Waals surface area contributed by atoms with Crippen molar-refractivity contribution >= 4 is 44.3 Å². The van der Waals surface area contributed by atoms with Crippen molar-refractivity contribution in [1.82, 2.24) is 0 Å². The van der Waals surface area contributed by atoms with Crippen LogP contribution in [0.2, 0.25) is 0 Å². The number of nitrogens with zero attached hydrogens (tertiary/aromatic N) is 3. The Morgan fingerprint density at radius 2 is 1.27 bits per heavy atom. The van der Waals surface area contributed by atoms with Gasteiger partial charge in [0.05, 0.1) is 13.1 Å². The van der Waals surface area contributed by atoms with Gasteiger partial charge in [0.15, 0.2) is 0 Å². The number of rotatable bonds is 5. The number of hydrogen-bond acceptors (Lipinski definition) is 5. The summed E-state index contributed by atoms with van der Waals surface area (Å²) in [5.74, 6) is -0.138. The van der Waals surface area contributed by atoms with Crippen molar-refractivity contribution in [2.45, 2.75) is 0 Å². The van der Waals surface area contributed by atoms with E-state index in [4.69, 9.17) is 11.0 Å². The second-order valence-electron chi connectivity index (χ2n) is 4.55. The molecule has 2 aromatic carbocycles. The zero-order valence-corrected chi connectivity index (χ0v) is 17.7. The molecule has 0 bridgehead atoms. The minimum Gasteiger partial charge on any atom is -0.872 e. The summed E-state index contributed by atoms with van der Waals surface area (Å²) in [6, 6.07) is 9.82. The SMILES string of the molecule is N#C[NH-].[Mn+3].[O-]c1ccc(Br)cc1C=NCCN=Cc1cc(Br)ccc1[O-]. The fourth-order valence-electron chi connectivity index (χ4n) is 1.68. The van der Waals surface area contributed by atoms with E-state index in [9.17, 15) is 10.2 Å². The zero-order valence-electron chi connectivity index (χ0n) is 13.3. The first-order chi connectivity index (χ1) is 12.0. The quantitative estimate of drug-likeness (QED) is 0.260. The molecule has 2 aromatic rings. The molecule has 0 spiro atoms. The molecule has 0 saturated heterocycles. The molecule has 0 atom stereocenters. The minimum atomic E-state index is -0.0689. The molecule has 1 N–H and O–H groups in total. The Morgan fingerprint density at radius 1 is 0.923 bits per heavy atom. The summed E-state index contributed by atoms with van der Waals surface area (Å²) in [6.45, 7) is 0.898. The molecule has 0 amide bonds. The van der Waals surface area contributed by atoms with Crippen LogP contribution in [0.3, 0.4) is 0 Å². The van der Waals surface area contributed by atoms with Gasteiger partial charge in [-0.15, -0.1) is 0 Å². The van der Waals surface area contributed by atoms with Crippen molar-refractivity contribution in [2.24, 2.45) is 9.98 Å². The van der Waals surface area contributed by atoms with E-state index >= 15 is 0 Å². The number of aliphatic imine (C=N–C) groups is 2. The van der Waals surface area contributed by atoms with Crippen molar-refractivity contribution in [1.29, 1.82) is 5.26 Å². The molecule has 6 nitrogen and oxygen atoms in total. The number of hydrogen-bond donors (Lipinski definition) is 0. The molecule has 0 radical (unpaired) electrons. The van der Waals surface area contributed by atoms with Gasteiger partial charge in [0, 0.05) is 21.4 Å². The Morgan fingerprint density at radius 3 is 1.62 bits per heavy atom. The molecule has 2 rings (SSSR count). The van der Waals surface area contributed by atoms with E-state index in [1.807, 2.05) is 0 Å². The number of nitrogens with one attached hydrogen (secondary N) is 1. The summed E-state index contributed by atoms with van der Waals surface area (Å²) in [6.07, 6.45) is 4.08. The summed E-state index contributed by atoms with van der Waals surface area (Å²) in [7, 11) is 0. The van der Waals surface area contributed by atoms with E-state index in [1.165, 1.54) is 12.1 Å². The minimum absolute atomic E-state index is 0. The Balaban J connectivity index is 0.00000146. The fraction of sp³-hybridized carbons (Fsp3) is 0.118. The van der Waals surface area contributed by atoms with Crippen LogP contribution < -0.4 is 10.2 Å². The van der Waals surface area contributed by atoms with E-state index in [2.05, 4.69) is 41.8 Å². The molecule has 0 aromatic heterocycles. The van der Waals surface area contributed by atoms with Crippen molar-refractivity contribution in [3.8, 4) is 17.7 Å². The van der Waals surface area contributed by atoms with Crippen molar-refractivity contribution < 1.29 is 27.3 Å². The number of benzene rings is 2. The molecule has 0 aliphatic heterocycles. The maximum absolute atomic E-state index is 11.6. The van der Waals surface area contributed by atoms with Crippen LogP contribution in [0.15, 0.2) is 55.3 Å². The maximum atomic E-state index is 11.6. The van der Waals surface area contributed by atoms with Gasteiger partial charge in [-0.05, 0) is 35.4 Å². The average Bonchev–Trinajstić information content (AvgIpc) is 2.57. The number of nitriles is 1. The molecule has 0 saturated carbocycles. The van der Waals surface area contributed by atoms with Gasteiger partial charge in [0.25, 0.3) is 0 Å². The Hall–Kier alpha value is -1.85. The van der Waals surface area contributed by atoms with E-state index < -0.39 is 0 Å². The van der Waals surface area contributed by atoms with Gasteiger partial charge >= 0.3 is 17.1 Å². The van der Waals surface area contributed by atoms with Gasteiger partial charge < -0.3 is 21.2 Å². The predicted molar refractivity (Wildman–Crippen MR) is 102 cm³/mol. The largest absolute Gasteiger partial charge is 3.00 e. The third kappa shape index (κ3) is 9.02. The molecule has 26 heavy (non-hydrogen) atoms. The third-order valence-corrected chi connectivity index (χ3v) is 3.75. The molecular weight excluding hydrogens is 507 g/mol. The summed E-state index contributed by atoms with van der Waals surface area (Å²) in [5, 5.41) is 30.1. The first-order valence-corrected chi connectivity index (χ1v) is 8.55. The van der Waals surface area contributed by atoms with Crippen LogP contribution in [0.5, 0.6) is 11.5 Å². The van der Waals surface area contributed by atoms with Crippen LogP contribution in [-0.2, 0) is 17.1 Å². The molecule has 0 aliphatic carbocycles. The molecule has 134 valence electrons.